The number of hydrogen-bond acceptors (Lipinski definition) is 5. The van der Waals surface area contributed by atoms with E-state index < -0.39 is 10.8 Å². The highest BCUT2D eigenvalue weighted by atomic mass is 16.6. The molecule has 0 aliphatic carbocycles. The maximum atomic E-state index is 12.6. The molecule has 33 heavy (non-hydrogen) atoms. The summed E-state index contributed by atoms with van der Waals surface area (Å²) in [6.45, 7) is 1.82. The smallest absolute Gasteiger partial charge is 0.291 e. The molecule has 1 aromatic heterocycles. The normalized spacial score (nSPS) is 10.5. The largest absolute Gasteiger partial charge is 0.451 e. The van der Waals surface area contributed by atoms with E-state index in [-0.39, 0.29) is 17.4 Å². The summed E-state index contributed by atoms with van der Waals surface area (Å²) in [7, 11) is 0. The molecule has 0 unspecified atom stereocenters. The number of nitrogens with zero attached hydrogens (tertiary/aromatic N) is 1. The Balaban J connectivity index is 1.45. The van der Waals surface area contributed by atoms with Crippen LogP contribution in [0.15, 0.2) is 89.3 Å². The maximum absolute atomic E-state index is 12.6. The lowest BCUT2D eigenvalue weighted by atomic mass is 10.1. The molecule has 8 heteroatoms. The molecule has 3 aromatic carbocycles. The van der Waals surface area contributed by atoms with Crippen LogP contribution in [0.2, 0.25) is 0 Å². The van der Waals surface area contributed by atoms with Crippen molar-refractivity contribution < 1.29 is 18.9 Å². The van der Waals surface area contributed by atoms with Crippen molar-refractivity contribution in [3.05, 3.63) is 112 Å². The summed E-state index contributed by atoms with van der Waals surface area (Å²) < 4.78 is 5.60. The van der Waals surface area contributed by atoms with E-state index in [1.54, 1.807) is 60.7 Å². The number of furan rings is 1. The number of non-ortho nitro benzene ring substituents is 1. The highest BCUT2D eigenvalue weighted by molar-refractivity contribution is 6.05. The summed E-state index contributed by atoms with van der Waals surface area (Å²) in [6, 6.07) is 23.1. The highest BCUT2D eigenvalue weighted by Crippen LogP contribution is 2.27. The van der Waals surface area contributed by atoms with E-state index in [1.807, 2.05) is 13.0 Å². The second-order valence-corrected chi connectivity index (χ2v) is 7.28. The standard InChI is InChI=1S/C25H19N3O5/c1-16-14-19(10-11-21(16)27-24(29)17-6-3-2-4-7-17)26-25(30)23-13-12-22(33-23)18-8-5-9-20(15-18)28(31)32/h2-15H,1H3,(H,26,30)(H,27,29). The predicted octanol–water partition coefficient (Wildman–Crippen LogP) is 5.67. The van der Waals surface area contributed by atoms with Gasteiger partial charge in [-0.15, -0.1) is 0 Å². The first kappa shape index (κ1) is 21.5. The lowest BCUT2D eigenvalue weighted by Crippen LogP contribution is -2.14. The molecule has 164 valence electrons. The summed E-state index contributed by atoms with van der Waals surface area (Å²) in [4.78, 5) is 35.5. The number of rotatable bonds is 6. The molecule has 0 saturated heterocycles. The van der Waals surface area contributed by atoms with Gasteiger partial charge in [-0.3, -0.25) is 19.7 Å². The predicted molar refractivity (Wildman–Crippen MR) is 124 cm³/mol. The van der Waals surface area contributed by atoms with Gasteiger partial charge in [0, 0.05) is 34.6 Å². The van der Waals surface area contributed by atoms with Crippen LogP contribution in [0.1, 0.15) is 26.5 Å². The Morgan fingerprint density at radius 2 is 1.64 bits per heavy atom. The monoisotopic (exact) mass is 441 g/mol. The highest BCUT2D eigenvalue weighted by Gasteiger charge is 2.15. The molecule has 0 saturated carbocycles. The third kappa shape index (κ3) is 4.96. The first-order valence-corrected chi connectivity index (χ1v) is 10.0. The minimum absolute atomic E-state index is 0.0650. The van der Waals surface area contributed by atoms with E-state index in [1.165, 1.54) is 18.2 Å². The van der Waals surface area contributed by atoms with Crippen LogP contribution in [0.4, 0.5) is 17.1 Å². The molecule has 0 aliphatic heterocycles. The van der Waals surface area contributed by atoms with E-state index in [4.69, 9.17) is 4.42 Å². The summed E-state index contributed by atoms with van der Waals surface area (Å²) in [5.74, 6) is -0.276. The van der Waals surface area contributed by atoms with Crippen molar-refractivity contribution in [2.45, 2.75) is 6.92 Å². The van der Waals surface area contributed by atoms with Gasteiger partial charge in [-0.2, -0.15) is 0 Å². The molecule has 4 aromatic rings. The fraction of sp³-hybridized carbons (Fsp3) is 0.0400. The third-order valence-corrected chi connectivity index (χ3v) is 4.94. The number of aryl methyl sites for hydroxylation is 1. The van der Waals surface area contributed by atoms with Gasteiger partial charge < -0.3 is 15.1 Å². The SMILES string of the molecule is Cc1cc(NC(=O)c2ccc(-c3cccc([N+](=O)[O-])c3)o2)ccc1NC(=O)c1ccccc1. The Morgan fingerprint density at radius 3 is 2.36 bits per heavy atom. The second kappa shape index (κ2) is 9.19. The molecule has 0 radical (unpaired) electrons. The van der Waals surface area contributed by atoms with Crippen LogP contribution in [-0.4, -0.2) is 16.7 Å². The molecular weight excluding hydrogens is 422 g/mol. The average Bonchev–Trinajstić information content (AvgIpc) is 3.32. The Bertz CT molecular complexity index is 1350. The molecule has 0 aliphatic rings. The third-order valence-electron chi connectivity index (χ3n) is 4.94. The van der Waals surface area contributed by atoms with Crippen LogP contribution < -0.4 is 10.6 Å². The Hall–Kier alpha value is -4.72. The molecule has 0 atom stereocenters. The number of carbonyl (C=O) groups excluding carboxylic acids is 2. The summed E-state index contributed by atoms with van der Waals surface area (Å²) in [5.41, 5.74) is 2.92. The first-order valence-electron chi connectivity index (χ1n) is 10.0. The number of benzene rings is 3. The molecule has 1 heterocycles. The molecule has 0 bridgehead atoms. The van der Waals surface area contributed by atoms with Crippen molar-refractivity contribution in [2.24, 2.45) is 0 Å². The van der Waals surface area contributed by atoms with E-state index in [0.717, 1.165) is 5.56 Å². The van der Waals surface area contributed by atoms with Gasteiger partial charge in [0.1, 0.15) is 5.76 Å². The van der Waals surface area contributed by atoms with Crippen molar-refractivity contribution in [1.82, 2.24) is 0 Å². The lowest BCUT2D eigenvalue weighted by Gasteiger charge is -2.11. The van der Waals surface area contributed by atoms with Crippen LogP contribution in [0, 0.1) is 17.0 Å². The van der Waals surface area contributed by atoms with Gasteiger partial charge >= 0.3 is 0 Å². The molecule has 8 nitrogen and oxygen atoms in total. The van der Waals surface area contributed by atoms with E-state index in [2.05, 4.69) is 10.6 Å². The van der Waals surface area contributed by atoms with Gasteiger partial charge in [-0.25, -0.2) is 0 Å². The van der Waals surface area contributed by atoms with Crippen molar-refractivity contribution in [3.63, 3.8) is 0 Å². The summed E-state index contributed by atoms with van der Waals surface area (Å²) in [6.07, 6.45) is 0. The van der Waals surface area contributed by atoms with Gasteiger partial charge in [0.15, 0.2) is 5.76 Å². The Labute approximate surface area is 189 Å². The minimum Gasteiger partial charge on any atom is -0.451 e. The number of nitro benzene ring substituents is 1. The van der Waals surface area contributed by atoms with Crippen molar-refractivity contribution in [1.29, 1.82) is 0 Å². The van der Waals surface area contributed by atoms with Gasteiger partial charge in [-0.1, -0.05) is 30.3 Å². The quantitative estimate of drug-likeness (QED) is 0.296. The zero-order valence-electron chi connectivity index (χ0n) is 17.6. The summed E-state index contributed by atoms with van der Waals surface area (Å²) >= 11 is 0. The zero-order valence-corrected chi connectivity index (χ0v) is 17.6. The Kier molecular flexibility index (Phi) is 5.99. The fourth-order valence-electron chi connectivity index (χ4n) is 3.25. The lowest BCUT2D eigenvalue weighted by molar-refractivity contribution is -0.384. The van der Waals surface area contributed by atoms with Gasteiger partial charge in [0.2, 0.25) is 0 Å². The molecular formula is C25H19N3O5. The van der Waals surface area contributed by atoms with Crippen LogP contribution >= 0.6 is 0 Å². The van der Waals surface area contributed by atoms with E-state index in [9.17, 15) is 19.7 Å². The minimum atomic E-state index is -0.492. The number of carbonyl (C=O) groups is 2. The second-order valence-electron chi connectivity index (χ2n) is 7.28. The van der Waals surface area contributed by atoms with Crippen LogP contribution in [0.3, 0.4) is 0 Å². The van der Waals surface area contributed by atoms with Crippen LogP contribution in [0.25, 0.3) is 11.3 Å². The van der Waals surface area contributed by atoms with Crippen molar-refractivity contribution >= 4 is 28.9 Å². The zero-order chi connectivity index (χ0) is 23.4. The Morgan fingerprint density at radius 1 is 0.848 bits per heavy atom. The van der Waals surface area contributed by atoms with Gasteiger partial charge in [0.25, 0.3) is 17.5 Å². The molecule has 0 fully saturated rings. The van der Waals surface area contributed by atoms with Gasteiger partial charge in [0.05, 0.1) is 4.92 Å². The van der Waals surface area contributed by atoms with Crippen LogP contribution in [-0.2, 0) is 0 Å². The number of nitro groups is 1. The average molecular weight is 441 g/mol. The molecule has 0 spiro atoms. The van der Waals surface area contributed by atoms with Crippen molar-refractivity contribution in [2.75, 3.05) is 10.6 Å². The number of amides is 2. The maximum Gasteiger partial charge on any atom is 0.291 e. The van der Waals surface area contributed by atoms with Crippen molar-refractivity contribution in [3.8, 4) is 11.3 Å². The topological polar surface area (TPSA) is 114 Å². The fourth-order valence-corrected chi connectivity index (χ4v) is 3.25. The number of hydrogen-bond donors (Lipinski definition) is 2. The summed E-state index contributed by atoms with van der Waals surface area (Å²) in [5, 5.41) is 16.6. The van der Waals surface area contributed by atoms with E-state index in [0.29, 0.717) is 28.3 Å². The van der Waals surface area contributed by atoms with Crippen LogP contribution in [0.5, 0.6) is 0 Å². The number of anilines is 2. The first-order chi connectivity index (χ1) is 15.9. The molecule has 2 N–H and O–H groups in total. The number of nitrogens with one attached hydrogen (secondary N) is 2. The molecule has 4 rings (SSSR count). The van der Waals surface area contributed by atoms with Gasteiger partial charge in [-0.05, 0) is 55.0 Å². The van der Waals surface area contributed by atoms with E-state index >= 15 is 0 Å². The molecule has 2 amide bonds.